The summed E-state index contributed by atoms with van der Waals surface area (Å²) in [7, 11) is 0. The molecule has 0 aromatic carbocycles. The molecule has 0 bridgehead atoms. The fourth-order valence-corrected chi connectivity index (χ4v) is 1.74. The molecule has 0 saturated heterocycles. The van der Waals surface area contributed by atoms with Crippen molar-refractivity contribution >= 4 is 5.71 Å². The van der Waals surface area contributed by atoms with Crippen molar-refractivity contribution in [3.63, 3.8) is 0 Å². The maximum absolute atomic E-state index is 12.9. The molecule has 14 heavy (non-hydrogen) atoms. The Kier molecular flexibility index (Phi) is 2.57. The summed E-state index contributed by atoms with van der Waals surface area (Å²) in [6, 6.07) is 1.93. The highest BCUT2D eigenvalue weighted by Gasteiger charge is 2.17. The Hall–Kier alpha value is -1.25. The molecule has 0 aliphatic carbocycles. The van der Waals surface area contributed by atoms with Crippen LogP contribution in [0, 0.1) is 5.82 Å². The van der Waals surface area contributed by atoms with Gasteiger partial charge in [0.2, 0.25) is 0 Å². The van der Waals surface area contributed by atoms with Crippen LogP contribution in [0.3, 0.4) is 0 Å². The number of halogens is 1. The van der Waals surface area contributed by atoms with Crippen molar-refractivity contribution in [2.75, 3.05) is 0 Å². The van der Waals surface area contributed by atoms with Gasteiger partial charge < -0.3 is 0 Å². The second-order valence-corrected chi connectivity index (χ2v) is 3.57. The van der Waals surface area contributed by atoms with Gasteiger partial charge in [-0.25, -0.2) is 4.39 Å². The van der Waals surface area contributed by atoms with Crippen molar-refractivity contribution in [2.24, 2.45) is 4.99 Å². The van der Waals surface area contributed by atoms with E-state index in [0.717, 1.165) is 30.5 Å². The van der Waals surface area contributed by atoms with E-state index in [4.69, 9.17) is 0 Å². The van der Waals surface area contributed by atoms with Crippen LogP contribution < -0.4 is 0 Å². The summed E-state index contributed by atoms with van der Waals surface area (Å²) in [5.74, 6) is -0.287. The lowest BCUT2D eigenvalue weighted by atomic mass is 10.1. The van der Waals surface area contributed by atoms with E-state index in [9.17, 15) is 4.39 Å². The normalized spacial score (nSPS) is 21.0. The van der Waals surface area contributed by atoms with Gasteiger partial charge in [0.25, 0.3) is 0 Å². The Bertz CT molecular complexity index is 360. The lowest BCUT2D eigenvalue weighted by Gasteiger charge is -1.99. The van der Waals surface area contributed by atoms with Gasteiger partial charge in [-0.15, -0.1) is 0 Å². The third kappa shape index (κ3) is 1.81. The molecule has 1 aliphatic heterocycles. The molecule has 0 saturated carbocycles. The number of aliphatic imine (C=N–C) groups is 1. The number of rotatable bonds is 2. The fraction of sp³-hybridized carbons (Fsp3) is 0.455. The minimum absolute atomic E-state index is 0.287. The number of hydrogen-bond acceptors (Lipinski definition) is 2. The van der Waals surface area contributed by atoms with Crippen molar-refractivity contribution in [1.82, 2.24) is 4.98 Å². The smallest absolute Gasteiger partial charge is 0.142 e. The van der Waals surface area contributed by atoms with Crippen LogP contribution in [-0.2, 0) is 0 Å². The van der Waals surface area contributed by atoms with E-state index in [-0.39, 0.29) is 5.82 Å². The number of nitrogens with zero attached hydrogens (tertiary/aromatic N) is 2. The summed E-state index contributed by atoms with van der Waals surface area (Å²) in [6.07, 6.45) is 5.99. The lowest BCUT2D eigenvalue weighted by molar-refractivity contribution is 0.621. The average molecular weight is 192 g/mol. The van der Waals surface area contributed by atoms with Crippen LogP contribution in [-0.4, -0.2) is 16.7 Å². The van der Waals surface area contributed by atoms with Gasteiger partial charge in [0.15, 0.2) is 0 Å². The Balaban J connectivity index is 2.24. The largest absolute Gasteiger partial charge is 0.286 e. The van der Waals surface area contributed by atoms with Gasteiger partial charge in [-0.05, 0) is 25.3 Å². The molecule has 0 amide bonds. The molecule has 1 aromatic rings. The Morgan fingerprint density at radius 3 is 3.00 bits per heavy atom. The fourth-order valence-electron chi connectivity index (χ4n) is 1.74. The van der Waals surface area contributed by atoms with Gasteiger partial charge >= 0.3 is 0 Å². The van der Waals surface area contributed by atoms with Gasteiger partial charge in [-0.2, -0.15) is 0 Å². The van der Waals surface area contributed by atoms with Gasteiger partial charge in [0.05, 0.1) is 12.2 Å². The highest BCUT2D eigenvalue weighted by molar-refractivity contribution is 6.01. The molecule has 0 fully saturated rings. The molecule has 0 spiro atoms. The monoisotopic (exact) mass is 192 g/mol. The summed E-state index contributed by atoms with van der Waals surface area (Å²) in [5.41, 5.74) is 1.84. The summed E-state index contributed by atoms with van der Waals surface area (Å²) in [6.45, 7) is 2.13. The Morgan fingerprint density at radius 1 is 1.50 bits per heavy atom. The molecule has 1 aromatic heterocycles. The molecule has 2 rings (SSSR count). The topological polar surface area (TPSA) is 25.2 Å². The maximum atomic E-state index is 12.9. The summed E-state index contributed by atoms with van der Waals surface area (Å²) in [4.78, 5) is 8.35. The SMILES string of the molecule is CC[C@H]1CCC(c2cncc(F)c2)=N1. The van der Waals surface area contributed by atoms with E-state index in [1.807, 2.05) is 0 Å². The van der Waals surface area contributed by atoms with Crippen molar-refractivity contribution in [3.05, 3.63) is 29.8 Å². The molecular formula is C11H13FN2. The van der Waals surface area contributed by atoms with Crippen LogP contribution in [0.15, 0.2) is 23.5 Å². The van der Waals surface area contributed by atoms with Crippen molar-refractivity contribution in [2.45, 2.75) is 32.2 Å². The maximum Gasteiger partial charge on any atom is 0.142 e. The van der Waals surface area contributed by atoms with Crippen LogP contribution in [0.4, 0.5) is 4.39 Å². The predicted molar refractivity (Wildman–Crippen MR) is 54.0 cm³/mol. The zero-order valence-electron chi connectivity index (χ0n) is 8.20. The molecular weight excluding hydrogens is 179 g/mol. The van der Waals surface area contributed by atoms with E-state index in [0.29, 0.717) is 6.04 Å². The van der Waals surface area contributed by atoms with Gasteiger partial charge in [-0.3, -0.25) is 9.98 Å². The minimum Gasteiger partial charge on any atom is -0.286 e. The summed E-state index contributed by atoms with van der Waals surface area (Å²) < 4.78 is 12.9. The first kappa shape index (κ1) is 9.31. The Labute approximate surface area is 82.9 Å². The standard InChI is InChI=1S/C11H13FN2/c1-2-10-3-4-11(14-10)8-5-9(12)7-13-6-8/h5-7,10H,2-4H2,1H3/t10-/m0/s1. The first-order valence-corrected chi connectivity index (χ1v) is 4.97. The number of pyridine rings is 1. The molecule has 0 unspecified atom stereocenters. The number of hydrogen-bond donors (Lipinski definition) is 0. The van der Waals surface area contributed by atoms with Crippen molar-refractivity contribution < 1.29 is 4.39 Å². The van der Waals surface area contributed by atoms with E-state index in [2.05, 4.69) is 16.9 Å². The van der Waals surface area contributed by atoms with Gasteiger partial charge in [0, 0.05) is 17.5 Å². The third-order valence-electron chi connectivity index (χ3n) is 2.56. The van der Waals surface area contributed by atoms with Crippen molar-refractivity contribution in [3.8, 4) is 0 Å². The minimum atomic E-state index is -0.287. The molecule has 1 atom stereocenters. The molecule has 74 valence electrons. The van der Waals surface area contributed by atoms with Crippen LogP contribution in [0.1, 0.15) is 31.7 Å². The zero-order chi connectivity index (χ0) is 9.97. The van der Waals surface area contributed by atoms with Crippen LogP contribution >= 0.6 is 0 Å². The molecule has 1 aliphatic rings. The second kappa shape index (κ2) is 3.86. The third-order valence-corrected chi connectivity index (χ3v) is 2.56. The zero-order valence-corrected chi connectivity index (χ0v) is 8.20. The second-order valence-electron chi connectivity index (χ2n) is 3.57. The van der Waals surface area contributed by atoms with E-state index in [1.165, 1.54) is 12.3 Å². The van der Waals surface area contributed by atoms with Crippen LogP contribution in [0.5, 0.6) is 0 Å². The summed E-state index contributed by atoms with van der Waals surface area (Å²) >= 11 is 0. The molecule has 3 heteroatoms. The van der Waals surface area contributed by atoms with Crippen molar-refractivity contribution in [1.29, 1.82) is 0 Å². The highest BCUT2D eigenvalue weighted by atomic mass is 19.1. The highest BCUT2D eigenvalue weighted by Crippen LogP contribution is 2.20. The quantitative estimate of drug-likeness (QED) is 0.707. The molecule has 0 N–H and O–H groups in total. The first-order valence-electron chi connectivity index (χ1n) is 4.97. The first-order chi connectivity index (χ1) is 6.79. The predicted octanol–water partition coefficient (Wildman–Crippen LogP) is 2.58. The van der Waals surface area contributed by atoms with E-state index < -0.39 is 0 Å². The van der Waals surface area contributed by atoms with Gasteiger partial charge in [0.1, 0.15) is 5.82 Å². The Morgan fingerprint density at radius 2 is 2.36 bits per heavy atom. The molecule has 2 heterocycles. The lowest BCUT2D eigenvalue weighted by Crippen LogP contribution is -1.97. The number of aromatic nitrogens is 1. The van der Waals surface area contributed by atoms with Crippen LogP contribution in [0.2, 0.25) is 0 Å². The summed E-state index contributed by atoms with van der Waals surface area (Å²) in [5, 5.41) is 0. The average Bonchev–Trinajstić information content (AvgIpc) is 2.66. The van der Waals surface area contributed by atoms with Gasteiger partial charge in [-0.1, -0.05) is 6.92 Å². The molecule has 0 radical (unpaired) electrons. The molecule has 2 nitrogen and oxygen atoms in total. The van der Waals surface area contributed by atoms with E-state index in [1.54, 1.807) is 6.20 Å². The van der Waals surface area contributed by atoms with E-state index >= 15 is 0 Å². The van der Waals surface area contributed by atoms with Crippen LogP contribution in [0.25, 0.3) is 0 Å².